The number of Topliss-reactive ketones (excluding diaryl/α,β-unsaturated/α-hetero) is 1. The summed E-state index contributed by atoms with van der Waals surface area (Å²) in [6.45, 7) is 8.27. The zero-order chi connectivity index (χ0) is 12.4. The van der Waals surface area contributed by atoms with E-state index in [0.29, 0.717) is 0 Å². The molecule has 0 saturated carbocycles. The lowest BCUT2D eigenvalue weighted by Gasteiger charge is -2.02. The molecule has 2 nitrogen and oxygen atoms in total. The molecule has 88 valence electrons. The van der Waals surface area contributed by atoms with Crippen molar-refractivity contribution in [3.8, 4) is 0 Å². The van der Waals surface area contributed by atoms with Crippen molar-refractivity contribution in [1.29, 1.82) is 0 Å². The van der Waals surface area contributed by atoms with E-state index in [-0.39, 0.29) is 5.78 Å². The van der Waals surface area contributed by atoms with Crippen LogP contribution in [-0.4, -0.2) is 10.4 Å². The van der Waals surface area contributed by atoms with E-state index in [1.54, 1.807) is 6.92 Å². The van der Waals surface area contributed by atoms with Crippen LogP contribution in [0.2, 0.25) is 0 Å². The van der Waals surface area contributed by atoms with Crippen LogP contribution in [-0.2, 0) is 6.54 Å². The van der Waals surface area contributed by atoms with Crippen molar-refractivity contribution in [2.75, 3.05) is 0 Å². The number of allylic oxidation sites excluding steroid dienone is 1. The smallest absolute Gasteiger partial charge is 0.161 e. The second kappa shape index (κ2) is 4.58. The molecular formula is C15H17NO. The van der Waals surface area contributed by atoms with Gasteiger partial charge in [0.1, 0.15) is 0 Å². The molecular weight excluding hydrogens is 210 g/mol. The summed E-state index contributed by atoms with van der Waals surface area (Å²) in [5, 5.41) is 1.06. The average molecular weight is 227 g/mol. The van der Waals surface area contributed by atoms with Crippen molar-refractivity contribution in [2.45, 2.75) is 26.8 Å². The number of aryl methyl sites for hydroxylation is 2. The number of fused-ring (bicyclic) bond motifs is 1. The Kier molecular flexibility index (Phi) is 3.14. The Bertz CT molecular complexity index is 578. The van der Waals surface area contributed by atoms with E-state index < -0.39 is 0 Å². The lowest BCUT2D eigenvalue weighted by molar-refractivity contribution is 0.101. The third-order valence-electron chi connectivity index (χ3n) is 2.99. The van der Waals surface area contributed by atoms with Gasteiger partial charge >= 0.3 is 0 Å². The molecule has 2 heteroatoms. The van der Waals surface area contributed by atoms with Crippen LogP contribution in [0.5, 0.6) is 0 Å². The van der Waals surface area contributed by atoms with Gasteiger partial charge in [0.15, 0.2) is 5.78 Å². The normalized spacial score (nSPS) is 10.7. The lowest BCUT2D eigenvalue weighted by Crippen LogP contribution is -1.94. The molecule has 17 heavy (non-hydrogen) atoms. The van der Waals surface area contributed by atoms with Crippen LogP contribution in [0.1, 0.15) is 29.3 Å². The highest BCUT2D eigenvalue weighted by Crippen LogP contribution is 2.23. The minimum atomic E-state index is 0.123. The van der Waals surface area contributed by atoms with Gasteiger partial charge in [-0.3, -0.25) is 4.79 Å². The van der Waals surface area contributed by atoms with Gasteiger partial charge in [-0.05, 0) is 32.4 Å². The number of rotatable bonds is 4. The molecule has 0 atom stereocenters. The molecule has 0 bridgehead atoms. The Labute approximate surface area is 102 Å². The summed E-state index contributed by atoms with van der Waals surface area (Å²) in [4.78, 5) is 11.6. The van der Waals surface area contributed by atoms with E-state index in [4.69, 9.17) is 0 Å². The van der Waals surface area contributed by atoms with Crippen LogP contribution in [0.15, 0.2) is 37.1 Å². The van der Waals surface area contributed by atoms with Crippen LogP contribution >= 0.6 is 0 Å². The van der Waals surface area contributed by atoms with Crippen molar-refractivity contribution < 1.29 is 4.79 Å². The zero-order valence-electron chi connectivity index (χ0n) is 10.4. The SMILES string of the molecule is C=CCCn1cc(C(C)=O)c2cc(C)ccc21. The van der Waals surface area contributed by atoms with Gasteiger partial charge in [0.05, 0.1) is 0 Å². The van der Waals surface area contributed by atoms with Crippen LogP contribution in [0, 0.1) is 6.92 Å². The molecule has 0 aliphatic carbocycles. The number of ketones is 1. The number of benzene rings is 1. The third-order valence-corrected chi connectivity index (χ3v) is 2.99. The van der Waals surface area contributed by atoms with Gasteiger partial charge < -0.3 is 4.57 Å². The maximum Gasteiger partial charge on any atom is 0.161 e. The van der Waals surface area contributed by atoms with Gasteiger partial charge in [-0.15, -0.1) is 6.58 Å². The number of carbonyl (C=O) groups excluding carboxylic acids is 1. The van der Waals surface area contributed by atoms with E-state index in [1.807, 2.05) is 19.2 Å². The summed E-state index contributed by atoms with van der Waals surface area (Å²) in [6, 6.07) is 6.24. The molecule has 0 saturated heterocycles. The van der Waals surface area contributed by atoms with Crippen molar-refractivity contribution in [3.63, 3.8) is 0 Å². The predicted molar refractivity (Wildman–Crippen MR) is 71.5 cm³/mol. The first-order valence-electron chi connectivity index (χ1n) is 5.85. The Balaban J connectivity index is 2.61. The number of aromatic nitrogens is 1. The van der Waals surface area contributed by atoms with E-state index in [2.05, 4.69) is 29.3 Å². The van der Waals surface area contributed by atoms with Gasteiger partial charge in [-0.2, -0.15) is 0 Å². The van der Waals surface area contributed by atoms with E-state index in [9.17, 15) is 4.79 Å². The molecule has 1 aromatic carbocycles. The second-order valence-electron chi connectivity index (χ2n) is 4.39. The van der Waals surface area contributed by atoms with Gasteiger partial charge in [0.2, 0.25) is 0 Å². The molecule has 0 aliphatic rings. The molecule has 0 aliphatic heterocycles. The maximum absolute atomic E-state index is 11.6. The lowest BCUT2D eigenvalue weighted by atomic mass is 10.1. The van der Waals surface area contributed by atoms with Gasteiger partial charge in [-0.1, -0.05) is 17.7 Å². The highest BCUT2D eigenvalue weighted by molar-refractivity contribution is 6.07. The minimum Gasteiger partial charge on any atom is -0.346 e. The fraction of sp³-hybridized carbons (Fsp3) is 0.267. The maximum atomic E-state index is 11.6. The molecule has 0 radical (unpaired) electrons. The van der Waals surface area contributed by atoms with Crippen LogP contribution in [0.25, 0.3) is 10.9 Å². The Morgan fingerprint density at radius 3 is 2.88 bits per heavy atom. The molecule has 2 rings (SSSR count). The monoisotopic (exact) mass is 227 g/mol. The van der Waals surface area contributed by atoms with Gasteiger partial charge in [-0.25, -0.2) is 0 Å². The van der Waals surface area contributed by atoms with Gasteiger partial charge in [0.25, 0.3) is 0 Å². The van der Waals surface area contributed by atoms with Crippen LogP contribution in [0.3, 0.4) is 0 Å². The first-order valence-corrected chi connectivity index (χ1v) is 5.85. The second-order valence-corrected chi connectivity index (χ2v) is 4.39. The number of hydrogen-bond acceptors (Lipinski definition) is 1. The molecule has 2 aromatic rings. The third kappa shape index (κ3) is 2.16. The quantitative estimate of drug-likeness (QED) is 0.576. The van der Waals surface area contributed by atoms with Crippen molar-refractivity contribution in [1.82, 2.24) is 4.57 Å². The van der Waals surface area contributed by atoms with Crippen molar-refractivity contribution >= 4 is 16.7 Å². The van der Waals surface area contributed by atoms with Crippen molar-refractivity contribution in [3.05, 3.63) is 48.2 Å². The molecule has 0 amide bonds. The molecule has 0 fully saturated rings. The number of nitrogens with zero attached hydrogens (tertiary/aromatic N) is 1. The highest BCUT2D eigenvalue weighted by Gasteiger charge is 2.11. The molecule has 1 heterocycles. The topological polar surface area (TPSA) is 22.0 Å². The highest BCUT2D eigenvalue weighted by atomic mass is 16.1. The summed E-state index contributed by atoms with van der Waals surface area (Å²) in [7, 11) is 0. The Morgan fingerprint density at radius 2 is 2.24 bits per heavy atom. The summed E-state index contributed by atoms with van der Waals surface area (Å²) < 4.78 is 2.13. The average Bonchev–Trinajstić information content (AvgIpc) is 2.64. The summed E-state index contributed by atoms with van der Waals surface area (Å²) in [5.41, 5.74) is 3.12. The Morgan fingerprint density at radius 1 is 1.47 bits per heavy atom. The molecule has 0 unspecified atom stereocenters. The number of hydrogen-bond donors (Lipinski definition) is 0. The summed E-state index contributed by atoms with van der Waals surface area (Å²) in [6.07, 6.45) is 4.76. The van der Waals surface area contributed by atoms with E-state index in [0.717, 1.165) is 29.4 Å². The van der Waals surface area contributed by atoms with Crippen LogP contribution < -0.4 is 0 Å². The first kappa shape index (κ1) is 11.6. The standard InChI is InChI=1S/C15H17NO/c1-4-5-8-16-10-14(12(3)17)13-9-11(2)6-7-15(13)16/h4,6-7,9-10H,1,5,8H2,2-3H3. The molecule has 0 N–H and O–H groups in total. The summed E-state index contributed by atoms with van der Waals surface area (Å²) >= 11 is 0. The van der Waals surface area contributed by atoms with E-state index >= 15 is 0 Å². The van der Waals surface area contributed by atoms with Crippen molar-refractivity contribution in [2.24, 2.45) is 0 Å². The summed E-state index contributed by atoms with van der Waals surface area (Å²) in [5.74, 6) is 0.123. The number of carbonyl (C=O) groups is 1. The predicted octanol–water partition coefficient (Wildman–Crippen LogP) is 3.73. The van der Waals surface area contributed by atoms with Gasteiger partial charge in [0, 0.05) is 29.2 Å². The minimum absolute atomic E-state index is 0.123. The fourth-order valence-corrected chi connectivity index (χ4v) is 2.11. The molecule has 1 aromatic heterocycles. The molecule has 0 spiro atoms. The Hall–Kier alpha value is -1.83. The largest absolute Gasteiger partial charge is 0.346 e. The fourth-order valence-electron chi connectivity index (χ4n) is 2.11. The van der Waals surface area contributed by atoms with Crippen LogP contribution in [0.4, 0.5) is 0 Å². The first-order chi connectivity index (χ1) is 8.13. The zero-order valence-corrected chi connectivity index (χ0v) is 10.4. The van der Waals surface area contributed by atoms with E-state index in [1.165, 1.54) is 5.56 Å².